The lowest BCUT2D eigenvalue weighted by Gasteiger charge is -2.23. The summed E-state index contributed by atoms with van der Waals surface area (Å²) in [7, 11) is 0. The van der Waals surface area contributed by atoms with Crippen LogP contribution in [0.25, 0.3) is 5.65 Å². The monoisotopic (exact) mass is 394 g/mol. The molecule has 28 heavy (non-hydrogen) atoms. The van der Waals surface area contributed by atoms with Gasteiger partial charge < -0.3 is 14.6 Å². The Kier molecular flexibility index (Phi) is 5.09. The maximum Gasteiger partial charge on any atom is 0.248 e. The fraction of sp³-hybridized carbons (Fsp3) is 0.286. The molecule has 1 aliphatic heterocycles. The summed E-state index contributed by atoms with van der Waals surface area (Å²) in [5, 5.41) is 2.94. The highest BCUT2D eigenvalue weighted by Gasteiger charge is 2.34. The van der Waals surface area contributed by atoms with Crippen molar-refractivity contribution in [2.24, 2.45) is 0 Å². The molecule has 0 aliphatic carbocycles. The summed E-state index contributed by atoms with van der Waals surface area (Å²) in [6.45, 7) is 3.98. The van der Waals surface area contributed by atoms with Gasteiger partial charge >= 0.3 is 0 Å². The number of imidazole rings is 1. The molecular weight excluding hydrogens is 372 g/mol. The number of anilines is 1. The Morgan fingerprint density at radius 1 is 1.25 bits per heavy atom. The number of hydrogen-bond donors (Lipinski definition) is 1. The van der Waals surface area contributed by atoms with Crippen LogP contribution in [-0.2, 0) is 16.0 Å². The third kappa shape index (κ3) is 3.75. The van der Waals surface area contributed by atoms with Gasteiger partial charge in [-0.3, -0.25) is 9.59 Å². The molecule has 0 radical (unpaired) electrons. The molecule has 0 bridgehead atoms. The van der Waals surface area contributed by atoms with Crippen LogP contribution < -0.4 is 5.32 Å². The third-order valence-electron chi connectivity index (χ3n) is 4.85. The number of carbonyl (C=O) groups is 2. The molecule has 1 saturated heterocycles. The normalized spacial score (nSPS) is 16.5. The predicted molar refractivity (Wildman–Crippen MR) is 111 cm³/mol. The van der Waals surface area contributed by atoms with Crippen LogP contribution in [0.2, 0.25) is 0 Å². The first-order valence-corrected chi connectivity index (χ1v) is 10.3. The second-order valence-corrected chi connectivity index (χ2v) is 8.07. The first-order chi connectivity index (χ1) is 13.5. The number of amides is 2. The molecule has 6 nitrogen and oxygen atoms in total. The standard InChI is InChI=1S/C21H22N4O2S/c1-14-5-3-7-16(9-14)23-21(27)18-12-28-13-25(18)19(26)10-17-11-24-8-4-6-15(2)20(24)22-17/h3-9,11,18H,10,12-13H2,1-2H3,(H,23,27)/t18-/m0/s1. The molecule has 2 aromatic heterocycles. The number of aryl methyl sites for hydroxylation is 2. The van der Waals surface area contributed by atoms with Crippen molar-refractivity contribution in [2.45, 2.75) is 26.3 Å². The second-order valence-electron chi connectivity index (χ2n) is 7.07. The fourth-order valence-corrected chi connectivity index (χ4v) is 4.58. The van der Waals surface area contributed by atoms with Crippen LogP contribution >= 0.6 is 11.8 Å². The minimum absolute atomic E-state index is 0.0737. The van der Waals surface area contributed by atoms with E-state index in [0.29, 0.717) is 17.3 Å². The molecule has 0 spiro atoms. The zero-order chi connectivity index (χ0) is 19.7. The predicted octanol–water partition coefficient (Wildman–Crippen LogP) is 3.03. The summed E-state index contributed by atoms with van der Waals surface area (Å²) < 4.78 is 1.93. The lowest BCUT2D eigenvalue weighted by atomic mass is 10.2. The van der Waals surface area contributed by atoms with Crippen molar-refractivity contribution in [3.05, 3.63) is 65.6 Å². The van der Waals surface area contributed by atoms with Gasteiger partial charge in [0.25, 0.3) is 0 Å². The molecule has 1 fully saturated rings. The number of rotatable bonds is 4. The number of carbonyl (C=O) groups excluding carboxylic acids is 2. The third-order valence-corrected chi connectivity index (χ3v) is 5.86. The lowest BCUT2D eigenvalue weighted by molar-refractivity contribution is -0.135. The zero-order valence-electron chi connectivity index (χ0n) is 15.9. The fourth-order valence-electron chi connectivity index (χ4n) is 3.40. The van der Waals surface area contributed by atoms with E-state index in [1.165, 1.54) is 0 Å². The van der Waals surface area contributed by atoms with Crippen LogP contribution in [-0.4, -0.2) is 43.8 Å². The largest absolute Gasteiger partial charge is 0.324 e. The van der Waals surface area contributed by atoms with Crippen molar-refractivity contribution in [1.82, 2.24) is 14.3 Å². The van der Waals surface area contributed by atoms with E-state index in [0.717, 1.165) is 22.5 Å². The molecule has 144 valence electrons. The van der Waals surface area contributed by atoms with Crippen molar-refractivity contribution >= 4 is 34.9 Å². The van der Waals surface area contributed by atoms with Crippen LogP contribution in [0, 0.1) is 13.8 Å². The average Bonchev–Trinajstić information content (AvgIpc) is 3.29. The van der Waals surface area contributed by atoms with Crippen molar-refractivity contribution < 1.29 is 9.59 Å². The molecule has 1 N–H and O–H groups in total. The van der Waals surface area contributed by atoms with Gasteiger partial charge in [-0.25, -0.2) is 4.98 Å². The van der Waals surface area contributed by atoms with Gasteiger partial charge in [0.15, 0.2) is 0 Å². The van der Waals surface area contributed by atoms with Crippen LogP contribution in [0.1, 0.15) is 16.8 Å². The highest BCUT2D eigenvalue weighted by molar-refractivity contribution is 7.99. The zero-order valence-corrected chi connectivity index (χ0v) is 16.7. The Labute approximate surface area is 167 Å². The number of fused-ring (bicyclic) bond motifs is 1. The van der Waals surface area contributed by atoms with Crippen LogP contribution in [0.4, 0.5) is 5.69 Å². The molecule has 7 heteroatoms. The molecule has 1 atom stereocenters. The number of aromatic nitrogens is 2. The molecular formula is C21H22N4O2S. The maximum absolute atomic E-state index is 12.9. The van der Waals surface area contributed by atoms with Gasteiger partial charge in [0.05, 0.1) is 18.0 Å². The van der Waals surface area contributed by atoms with Gasteiger partial charge in [-0.2, -0.15) is 0 Å². The maximum atomic E-state index is 12.9. The minimum atomic E-state index is -0.461. The van der Waals surface area contributed by atoms with Gasteiger partial charge in [-0.1, -0.05) is 18.2 Å². The number of hydrogen-bond acceptors (Lipinski definition) is 4. The quantitative estimate of drug-likeness (QED) is 0.739. The Morgan fingerprint density at radius 2 is 2.11 bits per heavy atom. The smallest absolute Gasteiger partial charge is 0.248 e. The first-order valence-electron chi connectivity index (χ1n) is 9.19. The van der Waals surface area contributed by atoms with E-state index in [-0.39, 0.29) is 18.2 Å². The summed E-state index contributed by atoms with van der Waals surface area (Å²) in [5.74, 6) is 0.912. The number of pyridine rings is 1. The summed E-state index contributed by atoms with van der Waals surface area (Å²) in [6.07, 6.45) is 3.99. The van der Waals surface area contributed by atoms with E-state index < -0.39 is 6.04 Å². The Bertz CT molecular complexity index is 1050. The van der Waals surface area contributed by atoms with E-state index in [2.05, 4.69) is 10.3 Å². The van der Waals surface area contributed by atoms with Gasteiger partial charge in [0.2, 0.25) is 11.8 Å². The first kappa shape index (κ1) is 18.6. The molecule has 1 aliphatic rings. The van der Waals surface area contributed by atoms with Crippen LogP contribution in [0.15, 0.2) is 48.8 Å². The molecule has 0 saturated carbocycles. The number of benzene rings is 1. The van der Waals surface area contributed by atoms with Crippen molar-refractivity contribution in [1.29, 1.82) is 0 Å². The SMILES string of the molecule is Cc1cccc(NC(=O)[C@@H]2CSCN2C(=O)Cc2cn3cccc(C)c3n2)c1. The highest BCUT2D eigenvalue weighted by atomic mass is 32.2. The van der Waals surface area contributed by atoms with Gasteiger partial charge in [-0.05, 0) is 43.2 Å². The van der Waals surface area contributed by atoms with Gasteiger partial charge in [0.1, 0.15) is 11.7 Å². The number of thioether (sulfide) groups is 1. The minimum Gasteiger partial charge on any atom is -0.324 e. The number of nitrogens with one attached hydrogen (secondary N) is 1. The highest BCUT2D eigenvalue weighted by Crippen LogP contribution is 2.24. The Morgan fingerprint density at radius 3 is 2.89 bits per heavy atom. The topological polar surface area (TPSA) is 66.7 Å². The Balaban J connectivity index is 1.46. The summed E-state index contributed by atoms with van der Waals surface area (Å²) in [5.41, 5.74) is 4.47. The number of nitrogens with zero attached hydrogens (tertiary/aromatic N) is 3. The molecule has 1 aromatic carbocycles. The molecule has 3 aromatic rings. The summed E-state index contributed by atoms with van der Waals surface area (Å²) in [6, 6.07) is 11.2. The average molecular weight is 395 g/mol. The van der Waals surface area contributed by atoms with E-state index in [4.69, 9.17) is 0 Å². The second kappa shape index (κ2) is 7.67. The van der Waals surface area contributed by atoms with Crippen LogP contribution in [0.3, 0.4) is 0 Å². The van der Waals surface area contributed by atoms with Crippen molar-refractivity contribution in [3.63, 3.8) is 0 Å². The van der Waals surface area contributed by atoms with E-state index in [1.807, 2.05) is 67.0 Å². The van der Waals surface area contributed by atoms with E-state index in [1.54, 1.807) is 16.7 Å². The molecule has 4 rings (SSSR count). The van der Waals surface area contributed by atoms with Gasteiger partial charge in [-0.15, -0.1) is 11.8 Å². The summed E-state index contributed by atoms with van der Waals surface area (Å²) in [4.78, 5) is 31.9. The van der Waals surface area contributed by atoms with Gasteiger partial charge in [0, 0.05) is 23.8 Å². The molecule has 2 amide bonds. The summed E-state index contributed by atoms with van der Waals surface area (Å²) >= 11 is 1.60. The van der Waals surface area contributed by atoms with E-state index >= 15 is 0 Å². The van der Waals surface area contributed by atoms with E-state index in [9.17, 15) is 9.59 Å². The van der Waals surface area contributed by atoms with Crippen molar-refractivity contribution in [3.8, 4) is 0 Å². The molecule has 0 unspecified atom stereocenters. The Hall–Kier alpha value is -2.80. The molecule has 3 heterocycles. The lowest BCUT2D eigenvalue weighted by Crippen LogP contribution is -2.45. The van der Waals surface area contributed by atoms with Crippen molar-refractivity contribution in [2.75, 3.05) is 16.9 Å². The van der Waals surface area contributed by atoms with Crippen LogP contribution in [0.5, 0.6) is 0 Å².